The van der Waals surface area contributed by atoms with Gasteiger partial charge in [-0.25, -0.2) is 0 Å². The van der Waals surface area contributed by atoms with Crippen molar-refractivity contribution < 1.29 is 9.53 Å². The lowest BCUT2D eigenvalue weighted by Gasteiger charge is -2.09. The number of hydrogen-bond donors (Lipinski definition) is 2. The van der Waals surface area contributed by atoms with Gasteiger partial charge >= 0.3 is 0 Å². The summed E-state index contributed by atoms with van der Waals surface area (Å²) >= 11 is 6.01. The van der Waals surface area contributed by atoms with E-state index in [-0.39, 0.29) is 31.2 Å². The van der Waals surface area contributed by atoms with Crippen LogP contribution in [-0.4, -0.2) is 17.5 Å². The van der Waals surface area contributed by atoms with E-state index in [9.17, 15) is 9.59 Å². The fourth-order valence-corrected chi connectivity index (χ4v) is 2.40. The van der Waals surface area contributed by atoms with E-state index in [1.54, 1.807) is 6.07 Å². The van der Waals surface area contributed by atoms with Crippen LogP contribution in [0.1, 0.15) is 22.4 Å². The number of aromatic amines is 1. The van der Waals surface area contributed by atoms with Crippen LogP contribution in [0.2, 0.25) is 5.02 Å². The molecule has 0 aliphatic rings. The van der Waals surface area contributed by atoms with Crippen LogP contribution in [0.4, 0.5) is 0 Å². The number of hydrogen-bond acceptors (Lipinski definition) is 3. The van der Waals surface area contributed by atoms with Crippen molar-refractivity contribution in [2.45, 2.75) is 27.0 Å². The Morgan fingerprint density at radius 1 is 1.30 bits per heavy atom. The highest BCUT2D eigenvalue weighted by Crippen LogP contribution is 2.15. The van der Waals surface area contributed by atoms with Crippen molar-refractivity contribution in [2.75, 3.05) is 6.61 Å². The molecule has 0 radical (unpaired) electrons. The van der Waals surface area contributed by atoms with Crippen LogP contribution < -0.4 is 10.9 Å². The summed E-state index contributed by atoms with van der Waals surface area (Å²) in [5.74, 6) is -0.281. The Bertz CT molecular complexity index is 756. The number of benzene rings is 1. The first kappa shape index (κ1) is 17.2. The number of halogens is 1. The van der Waals surface area contributed by atoms with E-state index in [0.29, 0.717) is 10.6 Å². The van der Waals surface area contributed by atoms with Crippen molar-refractivity contribution in [1.29, 1.82) is 0 Å². The van der Waals surface area contributed by atoms with Gasteiger partial charge in [0.15, 0.2) is 0 Å². The number of ether oxygens (including phenoxy) is 1. The number of aromatic nitrogens is 1. The molecule has 0 saturated carbocycles. The van der Waals surface area contributed by atoms with E-state index in [4.69, 9.17) is 16.3 Å². The van der Waals surface area contributed by atoms with Crippen molar-refractivity contribution in [3.05, 3.63) is 68.1 Å². The number of pyridine rings is 1. The lowest BCUT2D eigenvalue weighted by Crippen LogP contribution is -2.30. The molecule has 1 aromatic carbocycles. The van der Waals surface area contributed by atoms with E-state index in [2.05, 4.69) is 10.3 Å². The Labute approximate surface area is 139 Å². The van der Waals surface area contributed by atoms with Crippen LogP contribution in [0.15, 0.2) is 35.1 Å². The zero-order valence-electron chi connectivity index (χ0n) is 13.1. The first-order valence-corrected chi connectivity index (χ1v) is 7.62. The lowest BCUT2D eigenvalue weighted by molar-refractivity contribution is -0.126. The number of H-pyrrole nitrogens is 1. The molecule has 0 spiro atoms. The number of amides is 1. The Morgan fingerprint density at radius 3 is 2.74 bits per heavy atom. The number of carbonyl (C=O) groups is 1. The molecule has 23 heavy (non-hydrogen) atoms. The monoisotopic (exact) mass is 334 g/mol. The van der Waals surface area contributed by atoms with Crippen LogP contribution in [0.25, 0.3) is 0 Å². The van der Waals surface area contributed by atoms with Gasteiger partial charge in [0.1, 0.15) is 6.61 Å². The smallest absolute Gasteiger partial charge is 0.253 e. The van der Waals surface area contributed by atoms with Crippen molar-refractivity contribution in [3.8, 4) is 0 Å². The highest BCUT2D eigenvalue weighted by atomic mass is 35.5. The second-order valence-electron chi connectivity index (χ2n) is 5.30. The Balaban J connectivity index is 1.82. The Hall–Kier alpha value is -2.11. The number of carbonyl (C=O) groups excluding carboxylic acids is 1. The second-order valence-corrected chi connectivity index (χ2v) is 5.71. The van der Waals surface area contributed by atoms with Gasteiger partial charge in [0.2, 0.25) is 5.91 Å². The van der Waals surface area contributed by atoms with Gasteiger partial charge in [0.25, 0.3) is 5.56 Å². The van der Waals surface area contributed by atoms with Crippen LogP contribution in [0.5, 0.6) is 0 Å². The molecule has 0 aliphatic heterocycles. The van der Waals surface area contributed by atoms with Crippen LogP contribution in [0.3, 0.4) is 0 Å². The molecule has 1 amide bonds. The van der Waals surface area contributed by atoms with Crippen molar-refractivity contribution in [1.82, 2.24) is 10.3 Å². The second kappa shape index (κ2) is 7.94. The summed E-state index contributed by atoms with van der Waals surface area (Å²) < 4.78 is 5.35. The summed E-state index contributed by atoms with van der Waals surface area (Å²) in [6, 6.07) is 9.18. The molecule has 1 heterocycles. The minimum atomic E-state index is -0.281. The molecule has 2 N–H and O–H groups in total. The summed E-state index contributed by atoms with van der Waals surface area (Å²) in [6.45, 7) is 4.01. The molecular formula is C17H19ClN2O3. The third-order valence-electron chi connectivity index (χ3n) is 3.40. The first-order chi connectivity index (χ1) is 11.0. The molecule has 2 rings (SSSR count). The lowest BCUT2D eigenvalue weighted by atomic mass is 10.1. The standard InChI is InChI=1S/C17H19ClN2O3/c1-11-7-12(2)20-17(22)14(11)8-19-16(21)10-23-9-13-5-3-4-6-15(13)18/h3-7H,8-10H2,1-2H3,(H,19,21)(H,20,22). The number of aryl methyl sites for hydroxylation is 2. The molecule has 122 valence electrons. The van der Waals surface area contributed by atoms with E-state index in [1.165, 1.54) is 0 Å². The zero-order chi connectivity index (χ0) is 16.8. The summed E-state index contributed by atoms with van der Waals surface area (Å²) in [4.78, 5) is 26.4. The minimum Gasteiger partial charge on any atom is -0.367 e. The Morgan fingerprint density at radius 2 is 2.04 bits per heavy atom. The third-order valence-corrected chi connectivity index (χ3v) is 3.77. The zero-order valence-corrected chi connectivity index (χ0v) is 13.9. The molecule has 0 fully saturated rings. The summed E-state index contributed by atoms with van der Waals surface area (Å²) in [5.41, 5.74) is 2.84. The highest BCUT2D eigenvalue weighted by molar-refractivity contribution is 6.31. The van der Waals surface area contributed by atoms with E-state index < -0.39 is 0 Å². The summed E-state index contributed by atoms with van der Waals surface area (Å²) in [6.07, 6.45) is 0. The van der Waals surface area contributed by atoms with Gasteiger partial charge in [0.05, 0.1) is 6.61 Å². The van der Waals surface area contributed by atoms with Crippen LogP contribution >= 0.6 is 11.6 Å². The summed E-state index contributed by atoms with van der Waals surface area (Å²) in [5, 5.41) is 3.29. The van der Waals surface area contributed by atoms with E-state index >= 15 is 0 Å². The molecule has 1 aromatic heterocycles. The number of rotatable bonds is 6. The fraction of sp³-hybridized carbons (Fsp3) is 0.294. The predicted octanol–water partition coefficient (Wildman–Crippen LogP) is 2.48. The first-order valence-electron chi connectivity index (χ1n) is 7.24. The van der Waals surface area contributed by atoms with Gasteiger partial charge in [-0.3, -0.25) is 9.59 Å². The largest absolute Gasteiger partial charge is 0.367 e. The quantitative estimate of drug-likeness (QED) is 0.852. The molecule has 5 nitrogen and oxygen atoms in total. The SMILES string of the molecule is Cc1cc(C)c(CNC(=O)COCc2ccccc2Cl)c(=O)[nH]1. The maximum atomic E-state index is 11.9. The molecule has 0 aliphatic carbocycles. The van der Waals surface area contributed by atoms with Crippen LogP contribution in [-0.2, 0) is 22.7 Å². The van der Waals surface area contributed by atoms with Gasteiger partial charge in [-0.2, -0.15) is 0 Å². The molecule has 6 heteroatoms. The van der Waals surface area contributed by atoms with E-state index in [0.717, 1.165) is 16.8 Å². The van der Waals surface area contributed by atoms with Crippen molar-refractivity contribution in [2.24, 2.45) is 0 Å². The van der Waals surface area contributed by atoms with Gasteiger partial charge in [-0.1, -0.05) is 29.8 Å². The highest BCUT2D eigenvalue weighted by Gasteiger charge is 2.08. The van der Waals surface area contributed by atoms with E-state index in [1.807, 2.05) is 38.1 Å². The molecular weight excluding hydrogens is 316 g/mol. The normalized spacial score (nSPS) is 10.6. The van der Waals surface area contributed by atoms with Crippen molar-refractivity contribution in [3.63, 3.8) is 0 Å². The topological polar surface area (TPSA) is 71.2 Å². The number of nitrogens with one attached hydrogen (secondary N) is 2. The maximum Gasteiger partial charge on any atom is 0.253 e. The van der Waals surface area contributed by atoms with Crippen LogP contribution in [0, 0.1) is 13.8 Å². The maximum absolute atomic E-state index is 11.9. The average molecular weight is 335 g/mol. The van der Waals surface area contributed by atoms with Gasteiger partial charge in [-0.05, 0) is 37.1 Å². The van der Waals surface area contributed by atoms with Gasteiger partial charge in [0, 0.05) is 22.8 Å². The molecule has 0 atom stereocenters. The molecule has 0 saturated heterocycles. The third kappa shape index (κ3) is 4.94. The average Bonchev–Trinajstić information content (AvgIpc) is 2.48. The van der Waals surface area contributed by atoms with Gasteiger partial charge < -0.3 is 15.0 Å². The molecule has 0 unspecified atom stereocenters. The van der Waals surface area contributed by atoms with Gasteiger partial charge in [-0.15, -0.1) is 0 Å². The molecule has 2 aromatic rings. The fourth-order valence-electron chi connectivity index (χ4n) is 2.21. The summed E-state index contributed by atoms with van der Waals surface area (Å²) in [7, 11) is 0. The molecule has 0 bridgehead atoms. The van der Waals surface area contributed by atoms with Crippen molar-refractivity contribution >= 4 is 17.5 Å². The minimum absolute atomic E-state index is 0.0892. The Kier molecular flexibility index (Phi) is 5.96. The predicted molar refractivity (Wildman–Crippen MR) is 89.5 cm³/mol.